The number of anilines is 2. The number of amidine groups is 1. The molecule has 1 aliphatic heterocycles. The molecule has 2 amide bonds. The Kier molecular flexibility index (Phi) is 10.2. The average molecular weight is 659 g/mol. The molecule has 0 saturated heterocycles. The van der Waals surface area contributed by atoms with Gasteiger partial charge in [0.25, 0.3) is 0 Å². The van der Waals surface area contributed by atoms with Gasteiger partial charge in [0.15, 0.2) is 0 Å². The van der Waals surface area contributed by atoms with Gasteiger partial charge in [-0.25, -0.2) is 4.79 Å². The number of fused-ring (bicyclic) bond motifs is 1. The molecule has 0 unspecified atom stereocenters. The highest BCUT2D eigenvalue weighted by molar-refractivity contribution is 6.30. The van der Waals surface area contributed by atoms with Gasteiger partial charge in [-0.05, 0) is 67.8 Å². The second-order valence-electron chi connectivity index (χ2n) is 12.7. The van der Waals surface area contributed by atoms with Gasteiger partial charge in [0.05, 0.1) is 29.1 Å². The zero-order valence-corrected chi connectivity index (χ0v) is 28.5. The van der Waals surface area contributed by atoms with Crippen molar-refractivity contribution in [3.05, 3.63) is 117 Å². The minimum atomic E-state index is -0.828. The maximum Gasteiger partial charge on any atom is 0.327 e. The lowest BCUT2D eigenvalue weighted by Crippen LogP contribution is -2.45. The van der Waals surface area contributed by atoms with Crippen molar-refractivity contribution in [1.29, 1.82) is 0 Å². The van der Waals surface area contributed by atoms with Crippen LogP contribution in [0.1, 0.15) is 63.4 Å². The predicted octanol–water partition coefficient (Wildman–Crippen LogP) is 9.02. The molecule has 0 spiro atoms. The van der Waals surface area contributed by atoms with Crippen LogP contribution in [0.25, 0.3) is 0 Å². The lowest BCUT2D eigenvalue weighted by Gasteiger charge is -2.30. The predicted molar refractivity (Wildman–Crippen MR) is 190 cm³/mol. The zero-order valence-electron chi connectivity index (χ0n) is 27.0. The van der Waals surface area contributed by atoms with E-state index in [0.29, 0.717) is 46.8 Å². The smallest absolute Gasteiger partial charge is 0.327 e. The van der Waals surface area contributed by atoms with Gasteiger partial charge < -0.3 is 10.1 Å². The van der Waals surface area contributed by atoms with Crippen LogP contribution in [0.2, 0.25) is 10.0 Å². The van der Waals surface area contributed by atoms with Crippen LogP contribution in [0.4, 0.5) is 16.2 Å². The van der Waals surface area contributed by atoms with Crippen LogP contribution in [0.15, 0.2) is 90.1 Å². The first-order valence-electron chi connectivity index (χ1n) is 15.6. The number of para-hydroxylation sites is 2. The number of hydrogen-bond donors (Lipinski definition) is 2. The van der Waals surface area contributed by atoms with E-state index in [1.165, 1.54) is 0 Å². The molecule has 240 valence electrons. The minimum Gasteiger partial charge on any atom is -0.493 e. The summed E-state index contributed by atoms with van der Waals surface area (Å²) in [6.07, 6.45) is 3.08. The van der Waals surface area contributed by atoms with Crippen LogP contribution in [0.5, 0.6) is 5.75 Å². The van der Waals surface area contributed by atoms with Gasteiger partial charge in [-0.15, -0.1) is 0 Å². The van der Waals surface area contributed by atoms with Crippen LogP contribution < -0.4 is 20.3 Å². The number of aliphatic imine (C=N–C) groups is 1. The maximum atomic E-state index is 14.3. The van der Waals surface area contributed by atoms with Crippen molar-refractivity contribution in [1.82, 2.24) is 10.3 Å². The van der Waals surface area contributed by atoms with Gasteiger partial charge in [0.2, 0.25) is 0 Å². The van der Waals surface area contributed by atoms with Crippen LogP contribution in [-0.2, 0) is 17.4 Å². The SMILES string of the molecule is CCOc1cc(C(C)(C)C)ncc1C(=N[C@](C)(Cc1ccc(Cl)cc1)c1ccc(Cl)cc1)NC(=O)N1CCCNc2ccccc21. The standard InChI is InChI=1S/C37H41Cl2N5O2/c1-6-46-32-22-33(36(2,3)4)41-24-29(32)34(42-35(45)44-21-9-20-40-30-10-7-8-11-31(30)44)43-37(5,26-14-18-28(39)19-15-26)23-25-12-16-27(38)17-13-25/h7-8,10-19,22,24,40H,6,9,20-21,23H2,1-5H3,(H,42,43,45)/t37-/m1/s1. The van der Waals surface area contributed by atoms with Gasteiger partial charge in [-0.1, -0.05) is 80.4 Å². The molecule has 4 aromatic rings. The van der Waals surface area contributed by atoms with Gasteiger partial charge >= 0.3 is 6.03 Å². The lowest BCUT2D eigenvalue weighted by atomic mass is 9.86. The van der Waals surface area contributed by atoms with E-state index in [1.807, 2.05) is 85.8 Å². The molecule has 9 heteroatoms. The van der Waals surface area contributed by atoms with Crippen molar-refractivity contribution in [3.8, 4) is 5.75 Å². The van der Waals surface area contributed by atoms with E-state index in [4.69, 9.17) is 37.9 Å². The van der Waals surface area contributed by atoms with Crippen LogP contribution >= 0.6 is 23.2 Å². The largest absolute Gasteiger partial charge is 0.493 e. The summed E-state index contributed by atoms with van der Waals surface area (Å²) in [5, 5.41) is 7.93. The highest BCUT2D eigenvalue weighted by Gasteiger charge is 2.31. The molecule has 0 fully saturated rings. The fourth-order valence-electron chi connectivity index (χ4n) is 5.54. The van der Waals surface area contributed by atoms with Gasteiger partial charge in [-0.2, -0.15) is 0 Å². The quantitative estimate of drug-likeness (QED) is 0.154. The van der Waals surface area contributed by atoms with Crippen LogP contribution in [0.3, 0.4) is 0 Å². The Morgan fingerprint density at radius 2 is 1.67 bits per heavy atom. The number of carbonyl (C=O) groups is 1. The molecule has 1 aliphatic rings. The molecule has 2 N–H and O–H groups in total. The number of aromatic nitrogens is 1. The summed E-state index contributed by atoms with van der Waals surface area (Å²) < 4.78 is 6.20. The third kappa shape index (κ3) is 7.83. The number of pyridine rings is 1. The van der Waals surface area contributed by atoms with Crippen molar-refractivity contribution < 1.29 is 9.53 Å². The molecule has 7 nitrogen and oxygen atoms in total. The van der Waals surface area contributed by atoms with Gasteiger partial charge in [0.1, 0.15) is 11.6 Å². The van der Waals surface area contributed by atoms with Crippen molar-refractivity contribution in [2.75, 3.05) is 29.9 Å². The van der Waals surface area contributed by atoms with Crippen LogP contribution in [-0.4, -0.2) is 36.5 Å². The third-order valence-electron chi connectivity index (χ3n) is 8.01. The fourth-order valence-corrected chi connectivity index (χ4v) is 5.79. The second kappa shape index (κ2) is 14.1. The van der Waals surface area contributed by atoms with E-state index < -0.39 is 5.54 Å². The molecular formula is C37H41Cl2N5O2. The number of nitrogens with one attached hydrogen (secondary N) is 2. The molecule has 0 radical (unpaired) electrons. The van der Waals surface area contributed by atoms with E-state index in [1.54, 1.807) is 11.1 Å². The molecule has 0 aliphatic carbocycles. The number of nitrogens with zero attached hydrogens (tertiary/aromatic N) is 3. The molecule has 1 atom stereocenters. The number of rotatable bonds is 7. The summed E-state index contributed by atoms with van der Waals surface area (Å²) in [5.41, 5.74) is 4.12. The van der Waals surface area contributed by atoms with Crippen molar-refractivity contribution in [2.24, 2.45) is 4.99 Å². The van der Waals surface area contributed by atoms with Crippen molar-refractivity contribution in [3.63, 3.8) is 0 Å². The van der Waals surface area contributed by atoms with Crippen LogP contribution in [0, 0.1) is 0 Å². The first-order valence-corrected chi connectivity index (χ1v) is 16.4. The number of urea groups is 1. The number of benzene rings is 3. The molecule has 0 saturated carbocycles. The number of hydrogen-bond acceptors (Lipinski definition) is 5. The zero-order chi connectivity index (χ0) is 32.9. The molecule has 0 bridgehead atoms. The van der Waals surface area contributed by atoms with Gasteiger partial charge in [-0.3, -0.25) is 20.2 Å². The number of carbonyl (C=O) groups excluding carboxylic acids is 1. The minimum absolute atomic E-state index is 0.208. The van der Waals surface area contributed by atoms with E-state index in [0.717, 1.165) is 41.2 Å². The average Bonchev–Trinajstić information content (AvgIpc) is 3.25. The summed E-state index contributed by atoms with van der Waals surface area (Å²) in [6.45, 7) is 12.1. The number of halogens is 2. The molecule has 5 rings (SSSR count). The van der Waals surface area contributed by atoms with Crippen molar-refractivity contribution >= 4 is 46.4 Å². The first kappa shape index (κ1) is 33.3. The van der Waals surface area contributed by atoms with E-state index >= 15 is 0 Å². The third-order valence-corrected chi connectivity index (χ3v) is 8.52. The second-order valence-corrected chi connectivity index (χ2v) is 13.5. The summed E-state index contributed by atoms with van der Waals surface area (Å²) in [6, 6.07) is 24.9. The van der Waals surface area contributed by atoms with E-state index in [-0.39, 0.29) is 11.4 Å². The molecule has 3 aromatic carbocycles. The highest BCUT2D eigenvalue weighted by atomic mass is 35.5. The number of ether oxygens (including phenoxy) is 1. The Morgan fingerprint density at radius 1 is 1.00 bits per heavy atom. The lowest BCUT2D eigenvalue weighted by molar-refractivity contribution is 0.250. The Morgan fingerprint density at radius 3 is 2.35 bits per heavy atom. The Balaban J connectivity index is 1.67. The monoisotopic (exact) mass is 657 g/mol. The molecule has 46 heavy (non-hydrogen) atoms. The molecular weight excluding hydrogens is 617 g/mol. The first-order chi connectivity index (χ1) is 22.0. The molecule has 1 aromatic heterocycles. The summed E-state index contributed by atoms with van der Waals surface area (Å²) in [5.74, 6) is 0.965. The van der Waals surface area contributed by atoms with Gasteiger partial charge in [0, 0.05) is 52.9 Å². The highest BCUT2D eigenvalue weighted by Crippen LogP contribution is 2.34. The molecule has 2 heterocycles. The summed E-state index contributed by atoms with van der Waals surface area (Å²) in [4.78, 5) is 26.2. The Bertz CT molecular complexity index is 1700. The maximum absolute atomic E-state index is 14.3. The Labute approximate surface area is 282 Å². The van der Waals surface area contributed by atoms with E-state index in [2.05, 4.69) is 38.3 Å². The van der Waals surface area contributed by atoms with Crippen molar-refractivity contribution in [2.45, 2.75) is 58.4 Å². The topological polar surface area (TPSA) is 78.9 Å². The Hall–Kier alpha value is -4.07. The number of amides is 2. The van der Waals surface area contributed by atoms with E-state index in [9.17, 15) is 4.79 Å². The summed E-state index contributed by atoms with van der Waals surface area (Å²) in [7, 11) is 0. The summed E-state index contributed by atoms with van der Waals surface area (Å²) >= 11 is 12.5. The fraction of sp³-hybridized carbons (Fsp3) is 0.324. The normalized spacial score (nSPS) is 14.8.